The van der Waals surface area contributed by atoms with Crippen molar-refractivity contribution < 1.29 is 38.4 Å². The van der Waals surface area contributed by atoms with E-state index in [1.807, 2.05) is 43.5 Å². The van der Waals surface area contributed by atoms with Crippen LogP contribution in [-0.4, -0.2) is 98.6 Å². The van der Waals surface area contributed by atoms with Crippen molar-refractivity contribution in [3.63, 3.8) is 0 Å². The van der Waals surface area contributed by atoms with Gasteiger partial charge in [-0.05, 0) is 31.1 Å². The Bertz CT molecular complexity index is 1110. The molecule has 1 fully saturated rings. The molecule has 2 aliphatic rings. The van der Waals surface area contributed by atoms with Gasteiger partial charge in [0.25, 0.3) is 5.91 Å². The van der Waals surface area contributed by atoms with E-state index in [0.717, 1.165) is 16.5 Å². The first-order valence-electron chi connectivity index (χ1n) is 13.3. The molecule has 1 amide bonds. The molecule has 0 aliphatic carbocycles. The summed E-state index contributed by atoms with van der Waals surface area (Å²) in [6.07, 6.45) is 3.69. The van der Waals surface area contributed by atoms with Gasteiger partial charge in [0.05, 0.1) is 45.2 Å². The Labute approximate surface area is 223 Å². The van der Waals surface area contributed by atoms with Gasteiger partial charge in [-0.3, -0.25) is 14.2 Å². The maximum absolute atomic E-state index is 13.5. The van der Waals surface area contributed by atoms with Crippen LogP contribution >= 0.6 is 0 Å². The fourth-order valence-corrected chi connectivity index (χ4v) is 5.05. The van der Waals surface area contributed by atoms with Crippen LogP contribution in [-0.2, 0) is 28.5 Å². The average molecular weight is 531 g/mol. The highest BCUT2D eigenvalue weighted by atomic mass is 16.7. The number of aliphatic hydroxyl groups is 1. The van der Waals surface area contributed by atoms with Crippen molar-refractivity contribution in [3.05, 3.63) is 47.9 Å². The molecule has 2 aromatic rings. The third-order valence-electron chi connectivity index (χ3n) is 6.87. The van der Waals surface area contributed by atoms with Crippen LogP contribution in [0, 0.1) is 5.92 Å². The normalized spacial score (nSPS) is 21.8. The fourth-order valence-electron chi connectivity index (χ4n) is 5.05. The number of benzene rings is 1. The molecule has 208 valence electrons. The molecule has 0 saturated carbocycles. The molecule has 0 radical (unpaired) electrons. The van der Waals surface area contributed by atoms with Gasteiger partial charge in [0.1, 0.15) is 0 Å². The monoisotopic (exact) mass is 530 g/mol. The minimum absolute atomic E-state index is 0.0250. The maximum atomic E-state index is 13.5. The smallest absolute Gasteiger partial charge is 0.288 e. The number of para-hydroxylation sites is 1. The van der Waals surface area contributed by atoms with E-state index in [0.29, 0.717) is 59.2 Å². The van der Waals surface area contributed by atoms with Crippen molar-refractivity contribution in [2.75, 3.05) is 65.9 Å². The van der Waals surface area contributed by atoms with Crippen LogP contribution in [0.1, 0.15) is 36.5 Å². The van der Waals surface area contributed by atoms with Crippen LogP contribution in [0.4, 0.5) is 0 Å². The van der Waals surface area contributed by atoms with E-state index in [1.165, 1.54) is 6.92 Å². The first kappa shape index (κ1) is 28.3. The van der Waals surface area contributed by atoms with Crippen molar-refractivity contribution in [1.82, 2.24) is 9.47 Å². The molecule has 1 aromatic heterocycles. The number of morpholine rings is 1. The number of amides is 1. The molecule has 3 heterocycles. The summed E-state index contributed by atoms with van der Waals surface area (Å²) in [5, 5.41) is 9.80. The lowest BCUT2D eigenvalue weighted by Crippen LogP contribution is -2.44. The quantitative estimate of drug-likeness (QED) is 0.417. The Morgan fingerprint density at radius 2 is 1.82 bits per heavy atom. The van der Waals surface area contributed by atoms with E-state index in [-0.39, 0.29) is 42.6 Å². The van der Waals surface area contributed by atoms with Crippen molar-refractivity contribution >= 4 is 22.7 Å². The highest BCUT2D eigenvalue weighted by Gasteiger charge is 2.40. The third-order valence-corrected chi connectivity index (χ3v) is 6.87. The second kappa shape index (κ2) is 13.9. The van der Waals surface area contributed by atoms with Crippen LogP contribution in [0.5, 0.6) is 0 Å². The largest absolute Gasteiger partial charge is 0.459 e. The summed E-state index contributed by atoms with van der Waals surface area (Å²) < 4.78 is 30.4. The molecule has 0 spiro atoms. The molecule has 10 nitrogen and oxygen atoms in total. The standard InChI is InChI=1S/C28H38N2O8/c1-3-37-28-22(8-12-34-16-17-36-15-11-31)23(18-26(38-28)27(33)29-9-13-35-14-10-29)24-19-30(20(2)32)25-7-5-4-6-21(24)25/h4-7,18-19,22-23,28,31H,3,8-17H2,1-2H3/t22-,23-,28+/m1/s1. The molecular formula is C28H38N2O8. The number of rotatable bonds is 12. The average Bonchev–Trinajstić information content (AvgIpc) is 3.33. The topological polar surface area (TPSA) is 109 Å². The molecular weight excluding hydrogens is 492 g/mol. The summed E-state index contributed by atoms with van der Waals surface area (Å²) in [6.45, 7) is 7.32. The van der Waals surface area contributed by atoms with E-state index < -0.39 is 6.29 Å². The fraction of sp³-hybridized carbons (Fsp3) is 0.571. The van der Waals surface area contributed by atoms with Gasteiger partial charge in [-0.15, -0.1) is 0 Å². The van der Waals surface area contributed by atoms with Crippen LogP contribution in [0.15, 0.2) is 42.3 Å². The Balaban J connectivity index is 1.66. The summed E-state index contributed by atoms with van der Waals surface area (Å²) in [7, 11) is 0. The molecule has 4 rings (SSSR count). The van der Waals surface area contributed by atoms with Gasteiger partial charge in [0.15, 0.2) is 5.76 Å². The molecule has 10 heteroatoms. The number of nitrogens with zero attached hydrogens (tertiary/aromatic N) is 2. The van der Waals surface area contributed by atoms with Gasteiger partial charge in [-0.2, -0.15) is 0 Å². The Morgan fingerprint density at radius 3 is 2.53 bits per heavy atom. The van der Waals surface area contributed by atoms with Crippen LogP contribution in [0.3, 0.4) is 0 Å². The van der Waals surface area contributed by atoms with Crippen molar-refractivity contribution in [2.45, 2.75) is 32.5 Å². The highest BCUT2D eigenvalue weighted by Crippen LogP contribution is 2.42. The van der Waals surface area contributed by atoms with E-state index in [2.05, 4.69) is 0 Å². The van der Waals surface area contributed by atoms with E-state index >= 15 is 0 Å². The van der Waals surface area contributed by atoms with Crippen LogP contribution in [0.2, 0.25) is 0 Å². The Morgan fingerprint density at radius 1 is 1.08 bits per heavy atom. The first-order valence-corrected chi connectivity index (χ1v) is 13.3. The number of fused-ring (bicyclic) bond motifs is 1. The number of carbonyl (C=O) groups is 2. The summed E-state index contributed by atoms with van der Waals surface area (Å²) in [5.41, 5.74) is 1.76. The lowest BCUT2D eigenvalue weighted by Gasteiger charge is -2.38. The zero-order valence-electron chi connectivity index (χ0n) is 22.2. The Kier molecular flexibility index (Phi) is 10.3. The van der Waals surface area contributed by atoms with E-state index in [4.69, 9.17) is 28.8 Å². The molecule has 1 N–H and O–H groups in total. The zero-order valence-corrected chi connectivity index (χ0v) is 22.2. The molecule has 1 aromatic carbocycles. The van der Waals surface area contributed by atoms with Crippen molar-refractivity contribution in [2.24, 2.45) is 5.92 Å². The van der Waals surface area contributed by atoms with Gasteiger partial charge in [-0.1, -0.05) is 18.2 Å². The van der Waals surface area contributed by atoms with E-state index in [1.54, 1.807) is 9.47 Å². The van der Waals surface area contributed by atoms with Crippen LogP contribution in [0.25, 0.3) is 10.9 Å². The number of hydrogen-bond donors (Lipinski definition) is 1. The minimum Gasteiger partial charge on any atom is -0.459 e. The molecule has 0 bridgehead atoms. The summed E-state index contributed by atoms with van der Waals surface area (Å²) >= 11 is 0. The number of carbonyl (C=O) groups excluding carboxylic acids is 2. The number of aromatic nitrogens is 1. The predicted molar refractivity (Wildman–Crippen MR) is 140 cm³/mol. The maximum Gasteiger partial charge on any atom is 0.288 e. The first-order chi connectivity index (χ1) is 18.5. The number of allylic oxidation sites excluding steroid dienone is 1. The van der Waals surface area contributed by atoms with Gasteiger partial charge in [0, 0.05) is 56.6 Å². The third kappa shape index (κ3) is 6.62. The molecule has 2 aliphatic heterocycles. The lowest BCUT2D eigenvalue weighted by molar-refractivity contribution is -0.173. The SMILES string of the molecule is CCO[C@H]1OC(C(=O)N2CCOCC2)=C[C@@H](c2cn(C(C)=O)c3ccccc23)[C@H]1CCOCCOCCO. The molecule has 0 unspecified atom stereocenters. The van der Waals surface area contributed by atoms with Crippen LogP contribution < -0.4 is 0 Å². The molecule has 1 saturated heterocycles. The second-order valence-corrected chi connectivity index (χ2v) is 9.29. The minimum atomic E-state index is -0.663. The highest BCUT2D eigenvalue weighted by molar-refractivity contribution is 5.95. The van der Waals surface area contributed by atoms with Gasteiger partial charge < -0.3 is 33.7 Å². The zero-order chi connectivity index (χ0) is 26.9. The summed E-state index contributed by atoms with van der Waals surface area (Å²) in [5.74, 6) is -0.434. The molecule has 3 atom stereocenters. The number of ether oxygens (including phenoxy) is 5. The van der Waals surface area contributed by atoms with Crippen molar-refractivity contribution in [3.8, 4) is 0 Å². The predicted octanol–water partition coefficient (Wildman–Crippen LogP) is 2.55. The Hall–Kier alpha value is -2.76. The number of aliphatic hydroxyl groups excluding tert-OH is 1. The molecule has 38 heavy (non-hydrogen) atoms. The number of hydrogen-bond acceptors (Lipinski definition) is 8. The lowest BCUT2D eigenvalue weighted by atomic mass is 9.81. The second-order valence-electron chi connectivity index (χ2n) is 9.29. The van der Waals surface area contributed by atoms with Gasteiger partial charge in [-0.25, -0.2) is 0 Å². The summed E-state index contributed by atoms with van der Waals surface area (Å²) in [4.78, 5) is 27.7. The van der Waals surface area contributed by atoms with Gasteiger partial charge >= 0.3 is 0 Å². The van der Waals surface area contributed by atoms with E-state index in [9.17, 15) is 9.59 Å². The summed E-state index contributed by atoms with van der Waals surface area (Å²) in [6, 6.07) is 7.78. The van der Waals surface area contributed by atoms with Crippen molar-refractivity contribution in [1.29, 1.82) is 0 Å². The van der Waals surface area contributed by atoms with Gasteiger partial charge in [0.2, 0.25) is 12.2 Å².